The lowest BCUT2D eigenvalue weighted by molar-refractivity contribution is 0.899. The zero-order valence-electron chi connectivity index (χ0n) is 12.2. The van der Waals surface area contributed by atoms with E-state index in [1.165, 1.54) is 40.8 Å². The summed E-state index contributed by atoms with van der Waals surface area (Å²) in [5, 5.41) is 3.48. The summed E-state index contributed by atoms with van der Waals surface area (Å²) in [7, 11) is 0. The van der Waals surface area contributed by atoms with Crippen molar-refractivity contribution in [2.75, 3.05) is 0 Å². The Kier molecular flexibility index (Phi) is 4.62. The van der Waals surface area contributed by atoms with E-state index in [1.807, 2.05) is 0 Å². The number of hydrogen-bond donors (Lipinski definition) is 1. The number of rotatable bonds is 4. The van der Waals surface area contributed by atoms with Crippen molar-refractivity contribution < 1.29 is 0 Å². The molecule has 0 saturated carbocycles. The minimum absolute atomic E-state index is 1.04. The van der Waals surface area contributed by atoms with E-state index >= 15 is 0 Å². The van der Waals surface area contributed by atoms with Crippen molar-refractivity contribution in [3.8, 4) is 0 Å². The first-order chi connectivity index (χ1) is 9.22. The summed E-state index contributed by atoms with van der Waals surface area (Å²) in [4.78, 5) is 0. The molecular formula is C18H23N. The van der Waals surface area contributed by atoms with Crippen molar-refractivity contribution in [3.63, 3.8) is 0 Å². The smallest absolute Gasteiger partial charge is 0.0365 e. The lowest BCUT2D eigenvalue weighted by Gasteiger charge is -2.14. The molecule has 0 heterocycles. The molecule has 0 atom stereocenters. The van der Waals surface area contributed by atoms with E-state index in [0.717, 1.165) is 6.42 Å². The van der Waals surface area contributed by atoms with Gasteiger partial charge in [0.15, 0.2) is 0 Å². The first-order valence-corrected chi connectivity index (χ1v) is 7.10. The van der Waals surface area contributed by atoms with E-state index in [0.29, 0.717) is 0 Å². The highest BCUT2D eigenvalue weighted by Crippen LogP contribution is 2.22. The normalized spacial score (nSPS) is 15.8. The van der Waals surface area contributed by atoms with Crippen LogP contribution in [0.15, 0.2) is 53.9 Å². The zero-order chi connectivity index (χ0) is 13.7. The molecule has 0 aliphatic heterocycles. The molecule has 1 aromatic rings. The summed E-state index contributed by atoms with van der Waals surface area (Å²) in [6, 6.07) is 8.57. The maximum atomic E-state index is 3.48. The maximum absolute atomic E-state index is 3.48. The first kappa shape index (κ1) is 13.7. The minimum Gasteiger partial charge on any atom is -0.361 e. The summed E-state index contributed by atoms with van der Waals surface area (Å²) in [6.07, 6.45) is 9.96. The van der Waals surface area contributed by atoms with Gasteiger partial charge in [-0.3, -0.25) is 0 Å². The minimum atomic E-state index is 1.04. The Morgan fingerprint density at radius 2 is 2.05 bits per heavy atom. The van der Waals surface area contributed by atoms with Crippen molar-refractivity contribution in [2.45, 2.75) is 40.0 Å². The average molecular weight is 253 g/mol. The first-order valence-electron chi connectivity index (χ1n) is 7.10. The van der Waals surface area contributed by atoms with Crippen molar-refractivity contribution in [1.29, 1.82) is 0 Å². The van der Waals surface area contributed by atoms with Gasteiger partial charge >= 0.3 is 0 Å². The van der Waals surface area contributed by atoms with Crippen molar-refractivity contribution in [2.24, 2.45) is 0 Å². The quantitative estimate of drug-likeness (QED) is 0.799. The van der Waals surface area contributed by atoms with Gasteiger partial charge in [0, 0.05) is 11.9 Å². The Labute approximate surface area is 116 Å². The summed E-state index contributed by atoms with van der Waals surface area (Å²) >= 11 is 0. The maximum Gasteiger partial charge on any atom is 0.0365 e. The number of benzene rings is 1. The summed E-state index contributed by atoms with van der Waals surface area (Å²) in [6.45, 7) is 6.58. The van der Waals surface area contributed by atoms with E-state index in [2.05, 4.69) is 68.7 Å². The van der Waals surface area contributed by atoms with Crippen molar-refractivity contribution >= 4 is 5.57 Å². The molecule has 0 bridgehead atoms. The lowest BCUT2D eigenvalue weighted by atomic mass is 9.99. The Morgan fingerprint density at radius 3 is 2.74 bits per heavy atom. The fourth-order valence-electron chi connectivity index (χ4n) is 2.42. The summed E-state index contributed by atoms with van der Waals surface area (Å²) in [5.41, 5.74) is 6.74. The SMILES string of the molecule is CC/C(=C\NC1=C(C)CCC=C1)c1ccccc1C. The molecule has 1 aromatic carbocycles. The lowest BCUT2D eigenvalue weighted by Crippen LogP contribution is -2.08. The van der Waals surface area contributed by atoms with Gasteiger partial charge < -0.3 is 5.32 Å². The van der Waals surface area contributed by atoms with Gasteiger partial charge in [0.2, 0.25) is 0 Å². The van der Waals surface area contributed by atoms with Gasteiger partial charge in [-0.1, -0.05) is 37.3 Å². The highest BCUT2D eigenvalue weighted by atomic mass is 14.9. The number of nitrogens with one attached hydrogen (secondary N) is 1. The molecule has 1 nitrogen and oxygen atoms in total. The molecule has 0 amide bonds. The van der Waals surface area contributed by atoms with E-state index in [4.69, 9.17) is 0 Å². The second kappa shape index (κ2) is 6.42. The van der Waals surface area contributed by atoms with Gasteiger partial charge in [-0.15, -0.1) is 0 Å². The second-order valence-electron chi connectivity index (χ2n) is 5.12. The second-order valence-corrected chi connectivity index (χ2v) is 5.12. The van der Waals surface area contributed by atoms with Crippen LogP contribution in [0.5, 0.6) is 0 Å². The molecule has 100 valence electrons. The van der Waals surface area contributed by atoms with Crippen LogP contribution in [0.25, 0.3) is 5.57 Å². The predicted molar refractivity (Wildman–Crippen MR) is 83.7 cm³/mol. The van der Waals surface area contributed by atoms with Gasteiger partial charge in [0.1, 0.15) is 0 Å². The third-order valence-corrected chi connectivity index (χ3v) is 3.70. The number of aryl methyl sites for hydroxylation is 1. The van der Waals surface area contributed by atoms with Crippen molar-refractivity contribution in [3.05, 3.63) is 65.0 Å². The number of allylic oxidation sites excluding steroid dienone is 4. The molecule has 0 spiro atoms. The van der Waals surface area contributed by atoms with Crippen LogP contribution < -0.4 is 5.32 Å². The number of hydrogen-bond acceptors (Lipinski definition) is 1. The highest BCUT2D eigenvalue weighted by Gasteiger charge is 2.05. The molecule has 1 aliphatic carbocycles. The van der Waals surface area contributed by atoms with Gasteiger partial charge in [-0.2, -0.15) is 0 Å². The predicted octanol–water partition coefficient (Wildman–Crippen LogP) is 4.96. The third kappa shape index (κ3) is 3.37. The molecule has 1 aliphatic rings. The van der Waals surface area contributed by atoms with Crippen LogP contribution >= 0.6 is 0 Å². The Morgan fingerprint density at radius 1 is 1.26 bits per heavy atom. The van der Waals surface area contributed by atoms with Crippen molar-refractivity contribution in [1.82, 2.24) is 5.32 Å². The van der Waals surface area contributed by atoms with Gasteiger partial charge in [0.05, 0.1) is 0 Å². The van der Waals surface area contributed by atoms with Crippen LogP contribution in [-0.4, -0.2) is 0 Å². The molecule has 2 rings (SSSR count). The zero-order valence-corrected chi connectivity index (χ0v) is 12.2. The van der Waals surface area contributed by atoms with Gasteiger partial charge in [0.25, 0.3) is 0 Å². The third-order valence-electron chi connectivity index (χ3n) is 3.70. The van der Waals surface area contributed by atoms with Crippen LogP contribution in [0.1, 0.15) is 44.2 Å². The van der Waals surface area contributed by atoms with E-state index in [-0.39, 0.29) is 0 Å². The Balaban J connectivity index is 2.21. The van der Waals surface area contributed by atoms with Crippen LogP contribution in [0.2, 0.25) is 0 Å². The molecule has 1 N–H and O–H groups in total. The molecule has 19 heavy (non-hydrogen) atoms. The fraction of sp³-hybridized carbons (Fsp3) is 0.333. The average Bonchev–Trinajstić information content (AvgIpc) is 2.43. The van der Waals surface area contributed by atoms with E-state index in [9.17, 15) is 0 Å². The monoisotopic (exact) mass is 253 g/mol. The largest absolute Gasteiger partial charge is 0.361 e. The molecular weight excluding hydrogens is 230 g/mol. The van der Waals surface area contributed by atoms with Crippen LogP contribution in [0.4, 0.5) is 0 Å². The topological polar surface area (TPSA) is 12.0 Å². The van der Waals surface area contributed by atoms with E-state index < -0.39 is 0 Å². The van der Waals surface area contributed by atoms with Gasteiger partial charge in [-0.05, 0) is 61.5 Å². The van der Waals surface area contributed by atoms with E-state index in [1.54, 1.807) is 0 Å². The summed E-state index contributed by atoms with van der Waals surface area (Å²) < 4.78 is 0. The molecule has 0 saturated heterocycles. The van der Waals surface area contributed by atoms with Crippen LogP contribution in [0.3, 0.4) is 0 Å². The fourth-order valence-corrected chi connectivity index (χ4v) is 2.42. The van der Waals surface area contributed by atoms with Crippen LogP contribution in [0, 0.1) is 6.92 Å². The standard InChI is InChI=1S/C18H23N/c1-4-16(17-11-7-5-9-14(17)2)13-19-18-12-8-6-10-15(18)3/h5,7-9,11-13,19H,4,6,10H2,1-3H3/b16-13+. The molecule has 0 radical (unpaired) electrons. The highest BCUT2D eigenvalue weighted by molar-refractivity contribution is 5.68. The Bertz CT molecular complexity index is 532. The molecule has 0 aromatic heterocycles. The molecule has 1 heteroatoms. The van der Waals surface area contributed by atoms with Crippen LogP contribution in [-0.2, 0) is 0 Å². The molecule has 0 unspecified atom stereocenters. The summed E-state index contributed by atoms with van der Waals surface area (Å²) in [5.74, 6) is 0. The Hall–Kier alpha value is -1.76. The van der Waals surface area contributed by atoms with Gasteiger partial charge in [-0.25, -0.2) is 0 Å². The molecule has 0 fully saturated rings.